The van der Waals surface area contributed by atoms with Crippen LogP contribution in [0, 0.1) is 17.8 Å². The van der Waals surface area contributed by atoms with E-state index in [9.17, 15) is 0 Å². The normalized spacial score (nSPS) is 35.7. The molecule has 0 aliphatic heterocycles. The second-order valence-electron chi connectivity index (χ2n) is 5.28. The molecule has 0 amide bonds. The van der Waals surface area contributed by atoms with E-state index in [2.05, 4.69) is 30.3 Å². The topological polar surface area (TPSA) is 26.0 Å². The lowest BCUT2D eigenvalue weighted by Crippen LogP contribution is -2.25. The average Bonchev–Trinajstić information content (AvgIpc) is 2.91. The van der Waals surface area contributed by atoms with Crippen LogP contribution < -0.4 is 5.73 Å². The summed E-state index contributed by atoms with van der Waals surface area (Å²) in [4.78, 5) is 0. The molecule has 15 heavy (non-hydrogen) atoms. The van der Waals surface area contributed by atoms with E-state index in [1.165, 1.54) is 31.2 Å². The second-order valence-corrected chi connectivity index (χ2v) is 5.28. The predicted molar refractivity (Wildman–Crippen MR) is 62.3 cm³/mol. The molecule has 1 aromatic rings. The summed E-state index contributed by atoms with van der Waals surface area (Å²) in [6.07, 6.45) is 5.71. The highest BCUT2D eigenvalue weighted by Crippen LogP contribution is 2.51. The summed E-state index contributed by atoms with van der Waals surface area (Å²) in [5, 5.41) is 0. The number of nitrogens with two attached hydrogens (primary N) is 1. The molecule has 1 aromatic carbocycles. The Balaban J connectivity index is 1.78. The zero-order valence-electron chi connectivity index (χ0n) is 9.10. The van der Waals surface area contributed by atoms with Gasteiger partial charge in [-0.3, -0.25) is 0 Å². The maximum atomic E-state index is 6.39. The molecule has 2 N–H and O–H groups in total. The van der Waals surface area contributed by atoms with Crippen molar-refractivity contribution in [2.45, 2.75) is 31.7 Å². The van der Waals surface area contributed by atoms with Gasteiger partial charge in [-0.1, -0.05) is 36.8 Å². The van der Waals surface area contributed by atoms with Crippen LogP contribution in [0.15, 0.2) is 30.3 Å². The molecule has 0 saturated heterocycles. The van der Waals surface area contributed by atoms with Crippen LogP contribution in [0.1, 0.15) is 37.3 Å². The molecule has 2 saturated carbocycles. The Labute approximate surface area is 91.7 Å². The molecule has 0 spiro atoms. The predicted octanol–water partition coefficient (Wildman–Crippen LogP) is 3.12. The minimum absolute atomic E-state index is 0.279. The van der Waals surface area contributed by atoms with Gasteiger partial charge in [-0.2, -0.15) is 0 Å². The molecule has 0 heterocycles. The molecule has 1 nitrogen and oxygen atoms in total. The highest BCUT2D eigenvalue weighted by atomic mass is 14.7. The number of hydrogen-bond donors (Lipinski definition) is 1. The lowest BCUT2D eigenvalue weighted by atomic mass is 9.81. The van der Waals surface area contributed by atoms with Gasteiger partial charge in [0.15, 0.2) is 0 Å². The molecule has 0 radical (unpaired) electrons. The third kappa shape index (κ3) is 1.59. The Hall–Kier alpha value is -0.820. The lowest BCUT2D eigenvalue weighted by molar-refractivity contribution is 0.284. The smallest absolute Gasteiger partial charge is 0.0326 e. The van der Waals surface area contributed by atoms with E-state index in [0.717, 1.165) is 17.8 Å². The van der Waals surface area contributed by atoms with Crippen molar-refractivity contribution in [3.05, 3.63) is 35.9 Å². The van der Waals surface area contributed by atoms with Crippen LogP contribution in [0.3, 0.4) is 0 Å². The van der Waals surface area contributed by atoms with Crippen molar-refractivity contribution < 1.29 is 0 Å². The van der Waals surface area contributed by atoms with Gasteiger partial charge >= 0.3 is 0 Å². The molecule has 2 aliphatic carbocycles. The Morgan fingerprint density at radius 3 is 2.47 bits per heavy atom. The Bertz CT molecular complexity index is 332. The third-order valence-corrected chi connectivity index (χ3v) is 4.44. The van der Waals surface area contributed by atoms with Gasteiger partial charge in [0.2, 0.25) is 0 Å². The molecule has 0 aromatic heterocycles. The van der Waals surface area contributed by atoms with Gasteiger partial charge < -0.3 is 5.73 Å². The van der Waals surface area contributed by atoms with Crippen molar-refractivity contribution >= 4 is 0 Å². The summed E-state index contributed by atoms with van der Waals surface area (Å²) >= 11 is 0. The van der Waals surface area contributed by atoms with E-state index < -0.39 is 0 Å². The third-order valence-electron chi connectivity index (χ3n) is 4.44. The van der Waals surface area contributed by atoms with Crippen molar-refractivity contribution in [2.75, 3.05) is 0 Å². The summed E-state index contributed by atoms with van der Waals surface area (Å²) in [6.45, 7) is 0. The minimum Gasteiger partial charge on any atom is -0.324 e. The summed E-state index contributed by atoms with van der Waals surface area (Å²) in [5.41, 5.74) is 7.72. The molecule has 3 rings (SSSR count). The van der Waals surface area contributed by atoms with Crippen LogP contribution >= 0.6 is 0 Å². The first kappa shape index (κ1) is 9.41. The van der Waals surface area contributed by atoms with Crippen LogP contribution in [0.2, 0.25) is 0 Å². The molecular weight excluding hydrogens is 182 g/mol. The maximum absolute atomic E-state index is 6.39. The van der Waals surface area contributed by atoms with Gasteiger partial charge in [0, 0.05) is 6.04 Å². The average molecular weight is 201 g/mol. The molecule has 4 unspecified atom stereocenters. The largest absolute Gasteiger partial charge is 0.324 e. The number of hydrogen-bond acceptors (Lipinski definition) is 1. The van der Waals surface area contributed by atoms with Crippen molar-refractivity contribution in [1.29, 1.82) is 0 Å². The van der Waals surface area contributed by atoms with E-state index in [4.69, 9.17) is 5.73 Å². The van der Waals surface area contributed by atoms with Gasteiger partial charge in [0.25, 0.3) is 0 Å². The van der Waals surface area contributed by atoms with Crippen molar-refractivity contribution in [1.82, 2.24) is 0 Å². The van der Waals surface area contributed by atoms with E-state index in [0.29, 0.717) is 0 Å². The van der Waals surface area contributed by atoms with Crippen LogP contribution in [0.4, 0.5) is 0 Å². The van der Waals surface area contributed by atoms with Crippen molar-refractivity contribution in [2.24, 2.45) is 23.5 Å². The fraction of sp³-hybridized carbons (Fsp3) is 0.571. The summed E-state index contributed by atoms with van der Waals surface area (Å²) in [6, 6.07) is 10.9. The van der Waals surface area contributed by atoms with Crippen LogP contribution in [0.5, 0.6) is 0 Å². The fourth-order valence-electron chi connectivity index (χ4n) is 3.66. The molecular formula is C14H19N. The standard InChI is InChI=1S/C14H19N/c15-14(11-4-2-1-3-5-11)13-9-10-6-7-12(13)8-10/h1-5,10,12-14H,6-9,15H2. The molecule has 4 atom stereocenters. The monoisotopic (exact) mass is 201 g/mol. The summed E-state index contributed by atoms with van der Waals surface area (Å²) < 4.78 is 0. The molecule has 80 valence electrons. The quantitative estimate of drug-likeness (QED) is 0.781. The van der Waals surface area contributed by atoms with Crippen molar-refractivity contribution in [3.63, 3.8) is 0 Å². The lowest BCUT2D eigenvalue weighted by Gasteiger charge is -2.27. The SMILES string of the molecule is NC(c1ccccc1)C1CC2CCC1C2. The number of rotatable bonds is 2. The van der Waals surface area contributed by atoms with Gasteiger partial charge in [-0.25, -0.2) is 0 Å². The Kier molecular flexibility index (Phi) is 2.28. The molecule has 2 fully saturated rings. The molecule has 1 heteroatoms. The maximum Gasteiger partial charge on any atom is 0.0326 e. The van der Waals surface area contributed by atoms with E-state index >= 15 is 0 Å². The van der Waals surface area contributed by atoms with Crippen LogP contribution in [-0.4, -0.2) is 0 Å². The Morgan fingerprint density at radius 2 is 1.87 bits per heavy atom. The molecule has 2 aliphatic rings. The Morgan fingerprint density at radius 1 is 1.07 bits per heavy atom. The van der Waals surface area contributed by atoms with E-state index in [1.54, 1.807) is 0 Å². The van der Waals surface area contributed by atoms with Crippen molar-refractivity contribution in [3.8, 4) is 0 Å². The van der Waals surface area contributed by atoms with Gasteiger partial charge in [-0.15, -0.1) is 0 Å². The van der Waals surface area contributed by atoms with Gasteiger partial charge in [0.1, 0.15) is 0 Å². The number of benzene rings is 1. The van der Waals surface area contributed by atoms with Gasteiger partial charge in [-0.05, 0) is 42.6 Å². The van der Waals surface area contributed by atoms with Crippen LogP contribution in [-0.2, 0) is 0 Å². The zero-order valence-corrected chi connectivity index (χ0v) is 9.10. The highest BCUT2D eigenvalue weighted by molar-refractivity contribution is 5.20. The second kappa shape index (κ2) is 3.64. The first-order valence-corrected chi connectivity index (χ1v) is 6.15. The zero-order chi connectivity index (χ0) is 10.3. The summed E-state index contributed by atoms with van der Waals surface area (Å²) in [7, 11) is 0. The van der Waals surface area contributed by atoms with Crippen LogP contribution in [0.25, 0.3) is 0 Å². The summed E-state index contributed by atoms with van der Waals surface area (Å²) in [5.74, 6) is 2.67. The minimum atomic E-state index is 0.279. The van der Waals surface area contributed by atoms with Gasteiger partial charge in [0.05, 0.1) is 0 Å². The van der Waals surface area contributed by atoms with E-state index in [1.807, 2.05) is 0 Å². The highest BCUT2D eigenvalue weighted by Gasteiger charge is 2.42. The fourth-order valence-corrected chi connectivity index (χ4v) is 3.66. The number of fused-ring (bicyclic) bond motifs is 2. The first-order valence-electron chi connectivity index (χ1n) is 6.15. The van der Waals surface area contributed by atoms with E-state index in [-0.39, 0.29) is 6.04 Å². The first-order chi connectivity index (χ1) is 7.34. The molecule has 2 bridgehead atoms.